The first-order chi connectivity index (χ1) is 19.5. The molecule has 0 saturated carbocycles. The fraction of sp³-hybridized carbons (Fsp3) is 0.290. The summed E-state index contributed by atoms with van der Waals surface area (Å²) in [7, 11) is 1.65. The number of nitrogens with zero attached hydrogens (tertiary/aromatic N) is 4. The normalized spacial score (nSPS) is 12.6. The number of nitrogens with one attached hydrogen (secondary N) is 1. The molecule has 0 atom stereocenters. The molecular weight excluding hydrogens is 687 g/mol. The lowest BCUT2D eigenvalue weighted by atomic mass is 10.2. The summed E-state index contributed by atoms with van der Waals surface area (Å²) in [5, 5.41) is 4.28. The Kier molecular flexibility index (Phi) is 16.7. The van der Waals surface area contributed by atoms with Gasteiger partial charge in [-0.15, -0.1) is 49.6 Å². The molecule has 1 aliphatic heterocycles. The number of hydrogen-bond acceptors (Lipinski definition) is 5. The van der Waals surface area contributed by atoms with E-state index in [1.54, 1.807) is 7.11 Å². The van der Waals surface area contributed by atoms with Crippen molar-refractivity contribution in [3.8, 4) is 22.8 Å². The van der Waals surface area contributed by atoms with Crippen LogP contribution >= 0.6 is 72.8 Å². The first-order valence-electron chi connectivity index (χ1n) is 13.4. The van der Waals surface area contributed by atoms with Gasteiger partial charge >= 0.3 is 0 Å². The highest BCUT2D eigenvalue weighted by molar-refractivity contribution is 6.43. The second kappa shape index (κ2) is 18.6. The smallest absolute Gasteiger partial charge is 0.271 e. The molecule has 1 aliphatic rings. The summed E-state index contributed by atoms with van der Waals surface area (Å²) >= 11 is 12.6. The molecule has 13 heteroatoms. The number of imidazole rings is 1. The van der Waals surface area contributed by atoms with Crippen molar-refractivity contribution in [2.24, 2.45) is 0 Å². The molecule has 0 spiro atoms. The van der Waals surface area contributed by atoms with E-state index < -0.39 is 0 Å². The largest absolute Gasteiger partial charge is 0.497 e. The number of amides is 1. The number of piperazine rings is 1. The number of carbonyl (C=O) groups excluding carboxylic acids is 1. The Balaban J connectivity index is 0.00000242. The molecule has 1 N–H and O–H groups in total. The third-order valence-corrected chi connectivity index (χ3v) is 8.08. The Morgan fingerprint density at radius 3 is 2.18 bits per heavy atom. The fourth-order valence-electron chi connectivity index (χ4n) is 5.08. The first-order valence-corrected chi connectivity index (χ1v) is 14.2. The third kappa shape index (κ3) is 9.10. The van der Waals surface area contributed by atoms with Gasteiger partial charge in [-0.2, -0.15) is 0 Å². The van der Waals surface area contributed by atoms with E-state index in [1.165, 1.54) is 0 Å². The lowest BCUT2D eigenvalue weighted by Crippen LogP contribution is -2.47. The second-order valence-corrected chi connectivity index (χ2v) is 10.6. The van der Waals surface area contributed by atoms with Crippen LogP contribution < -0.4 is 15.0 Å². The first kappa shape index (κ1) is 39.7. The molecule has 5 rings (SSSR count). The van der Waals surface area contributed by atoms with Gasteiger partial charge < -0.3 is 15.0 Å². The van der Waals surface area contributed by atoms with Gasteiger partial charge in [0.05, 0.1) is 28.5 Å². The summed E-state index contributed by atoms with van der Waals surface area (Å²) in [5.74, 6) is 1.34. The van der Waals surface area contributed by atoms with Crippen molar-refractivity contribution in [3.63, 3.8) is 0 Å². The van der Waals surface area contributed by atoms with E-state index in [-0.39, 0.29) is 55.5 Å². The van der Waals surface area contributed by atoms with E-state index >= 15 is 0 Å². The van der Waals surface area contributed by atoms with Crippen molar-refractivity contribution >= 4 is 84.4 Å². The number of aromatic nitrogens is 2. The van der Waals surface area contributed by atoms with Gasteiger partial charge in [0.15, 0.2) is 0 Å². The minimum Gasteiger partial charge on any atom is -0.497 e. The maximum atomic E-state index is 13.3. The predicted molar refractivity (Wildman–Crippen MR) is 191 cm³/mol. The Morgan fingerprint density at radius 2 is 1.55 bits per heavy atom. The van der Waals surface area contributed by atoms with Crippen molar-refractivity contribution in [1.82, 2.24) is 19.8 Å². The predicted octanol–water partition coefficient (Wildman–Crippen LogP) is 7.79. The Bertz CT molecular complexity index is 1460. The van der Waals surface area contributed by atoms with E-state index in [0.29, 0.717) is 22.3 Å². The molecule has 0 aliphatic carbocycles. The molecule has 44 heavy (non-hydrogen) atoms. The van der Waals surface area contributed by atoms with Crippen LogP contribution in [0.15, 0.2) is 72.8 Å². The number of ether oxygens (including phenoxy) is 1. The SMILES string of the molecule is COc1ccc(-n2c(-c3ccccc3)nc(C(=O)NCCCN3CCN(c4cccc(Cl)c4Cl)CC3)c2C)cc1.Cl.Cl.Cl.Cl. The second-order valence-electron chi connectivity index (χ2n) is 9.78. The van der Waals surface area contributed by atoms with Crippen molar-refractivity contribution < 1.29 is 9.53 Å². The summed E-state index contributed by atoms with van der Waals surface area (Å²) in [4.78, 5) is 22.7. The number of benzene rings is 3. The third-order valence-electron chi connectivity index (χ3n) is 7.27. The Morgan fingerprint density at radius 1 is 0.886 bits per heavy atom. The van der Waals surface area contributed by atoms with Crippen LogP contribution in [0.25, 0.3) is 17.1 Å². The molecule has 3 aromatic carbocycles. The summed E-state index contributed by atoms with van der Waals surface area (Å²) in [6, 6.07) is 23.4. The highest BCUT2D eigenvalue weighted by atomic mass is 35.5. The van der Waals surface area contributed by atoms with Crippen LogP contribution in [0.4, 0.5) is 5.69 Å². The molecule has 4 aromatic rings. The molecule has 1 saturated heterocycles. The van der Waals surface area contributed by atoms with Crippen LogP contribution in [-0.2, 0) is 0 Å². The molecule has 7 nitrogen and oxygen atoms in total. The number of rotatable bonds is 9. The number of halogens is 6. The number of hydrogen-bond donors (Lipinski definition) is 1. The summed E-state index contributed by atoms with van der Waals surface area (Å²) in [6.07, 6.45) is 0.855. The van der Waals surface area contributed by atoms with Crippen LogP contribution in [0.3, 0.4) is 0 Å². The highest BCUT2D eigenvalue weighted by Crippen LogP contribution is 2.33. The molecule has 2 heterocycles. The molecule has 240 valence electrons. The Hall–Kier alpha value is -2.36. The van der Waals surface area contributed by atoms with Crippen molar-refractivity contribution in [2.45, 2.75) is 13.3 Å². The van der Waals surface area contributed by atoms with Gasteiger partial charge in [-0.25, -0.2) is 4.98 Å². The Labute approximate surface area is 293 Å². The molecule has 1 fully saturated rings. The van der Waals surface area contributed by atoms with Gasteiger partial charge in [0.25, 0.3) is 5.91 Å². The maximum Gasteiger partial charge on any atom is 0.271 e. The number of anilines is 1. The molecule has 0 bridgehead atoms. The summed E-state index contributed by atoms with van der Waals surface area (Å²) < 4.78 is 7.34. The summed E-state index contributed by atoms with van der Waals surface area (Å²) in [5.41, 5.74) is 4.07. The molecule has 0 radical (unpaired) electrons. The lowest BCUT2D eigenvalue weighted by molar-refractivity contribution is 0.0946. The van der Waals surface area contributed by atoms with Gasteiger partial charge in [-0.3, -0.25) is 14.3 Å². The molecule has 1 aromatic heterocycles. The number of carbonyl (C=O) groups is 1. The van der Waals surface area contributed by atoms with E-state index in [4.69, 9.17) is 32.9 Å². The van der Waals surface area contributed by atoms with Crippen molar-refractivity contribution in [2.75, 3.05) is 51.3 Å². The molecule has 1 amide bonds. The average molecular weight is 724 g/mol. The van der Waals surface area contributed by atoms with Crippen LogP contribution in [0.5, 0.6) is 5.75 Å². The molecule has 0 unspecified atom stereocenters. The zero-order valence-electron chi connectivity index (χ0n) is 24.4. The average Bonchev–Trinajstić information content (AvgIpc) is 3.34. The fourth-order valence-corrected chi connectivity index (χ4v) is 5.50. The zero-order chi connectivity index (χ0) is 28.1. The van der Waals surface area contributed by atoms with Crippen LogP contribution in [0.2, 0.25) is 10.0 Å². The molecular formula is C31H37Cl6N5O2. The van der Waals surface area contributed by atoms with Crippen LogP contribution in [0, 0.1) is 6.92 Å². The minimum atomic E-state index is -0.164. The van der Waals surface area contributed by atoms with Gasteiger partial charge in [0.2, 0.25) is 0 Å². The highest BCUT2D eigenvalue weighted by Gasteiger charge is 2.22. The van der Waals surface area contributed by atoms with Crippen molar-refractivity contribution in [3.05, 3.63) is 94.2 Å². The van der Waals surface area contributed by atoms with E-state index in [9.17, 15) is 4.79 Å². The minimum absolute atomic E-state index is 0. The quantitative estimate of drug-likeness (QED) is 0.179. The van der Waals surface area contributed by atoms with Gasteiger partial charge in [-0.1, -0.05) is 59.6 Å². The lowest BCUT2D eigenvalue weighted by Gasteiger charge is -2.36. The summed E-state index contributed by atoms with van der Waals surface area (Å²) in [6.45, 7) is 7.06. The van der Waals surface area contributed by atoms with Gasteiger partial charge in [-0.05, 0) is 56.3 Å². The van der Waals surface area contributed by atoms with Gasteiger partial charge in [0, 0.05) is 44.0 Å². The van der Waals surface area contributed by atoms with E-state index in [2.05, 4.69) is 15.1 Å². The van der Waals surface area contributed by atoms with Gasteiger partial charge in [0.1, 0.15) is 17.3 Å². The monoisotopic (exact) mass is 721 g/mol. The zero-order valence-corrected chi connectivity index (χ0v) is 29.2. The maximum absolute atomic E-state index is 13.3. The van der Waals surface area contributed by atoms with E-state index in [1.807, 2.05) is 84.3 Å². The standard InChI is InChI=1S/C31H33Cl2N5O2.4ClH/c1-22-29(35-30(23-8-4-3-5-9-23)38(22)24-12-14-25(40-2)15-13-24)31(39)34-16-7-17-36-18-20-37(21-19-36)27-11-6-10-26(32)28(27)33;;;;/h3-6,8-15H,7,16-21H2,1-2H3,(H,34,39);4*1H. The number of methoxy groups -OCH3 is 1. The van der Waals surface area contributed by atoms with Crippen molar-refractivity contribution in [1.29, 1.82) is 0 Å². The van der Waals surface area contributed by atoms with Crippen LogP contribution in [0.1, 0.15) is 22.6 Å². The van der Waals surface area contributed by atoms with Crippen LogP contribution in [-0.4, -0.2) is 66.7 Å². The van der Waals surface area contributed by atoms with E-state index in [0.717, 1.165) is 73.4 Å². The topological polar surface area (TPSA) is 62.6 Å².